The van der Waals surface area contributed by atoms with Crippen molar-refractivity contribution in [3.05, 3.63) is 40.3 Å². The summed E-state index contributed by atoms with van der Waals surface area (Å²) >= 11 is 0. The first kappa shape index (κ1) is 17.3. The molecule has 1 aromatic carbocycles. The molecule has 134 valence electrons. The first-order chi connectivity index (χ1) is 12.0. The summed E-state index contributed by atoms with van der Waals surface area (Å²) in [5.74, 6) is 2.30. The predicted molar refractivity (Wildman–Crippen MR) is 93.2 cm³/mol. The summed E-state index contributed by atoms with van der Waals surface area (Å²) in [6.45, 7) is 5.12. The highest BCUT2D eigenvalue weighted by molar-refractivity contribution is 5.79. The maximum atomic E-state index is 12.7. The van der Waals surface area contributed by atoms with Gasteiger partial charge in [0.25, 0.3) is 0 Å². The maximum absolute atomic E-state index is 12.7. The molecule has 0 unspecified atom stereocenters. The molecule has 1 aliphatic rings. The van der Waals surface area contributed by atoms with E-state index in [1.165, 1.54) is 11.1 Å². The van der Waals surface area contributed by atoms with Crippen LogP contribution in [-0.4, -0.2) is 43.3 Å². The van der Waals surface area contributed by atoms with Crippen LogP contribution in [0.5, 0.6) is 11.5 Å². The van der Waals surface area contributed by atoms with E-state index in [0.717, 1.165) is 41.4 Å². The average Bonchev–Trinajstić information content (AvgIpc) is 2.83. The summed E-state index contributed by atoms with van der Waals surface area (Å²) in [5, 5.41) is 3.93. The molecule has 0 radical (unpaired) electrons. The molecule has 1 amide bonds. The minimum absolute atomic E-state index is 0.112. The fraction of sp³-hybridized carbons (Fsp3) is 0.474. The summed E-state index contributed by atoms with van der Waals surface area (Å²) in [7, 11) is 3.28. The molecule has 1 aliphatic heterocycles. The number of amides is 1. The lowest BCUT2D eigenvalue weighted by atomic mass is 10.0. The quantitative estimate of drug-likeness (QED) is 0.852. The maximum Gasteiger partial charge on any atom is 0.227 e. The van der Waals surface area contributed by atoms with Gasteiger partial charge in [-0.25, -0.2) is 0 Å². The van der Waals surface area contributed by atoms with Gasteiger partial charge in [0, 0.05) is 18.7 Å². The molecule has 0 N–H and O–H groups in total. The fourth-order valence-electron chi connectivity index (χ4n) is 3.32. The van der Waals surface area contributed by atoms with Crippen molar-refractivity contribution in [2.75, 3.05) is 27.3 Å². The molecule has 0 atom stereocenters. The van der Waals surface area contributed by atoms with Crippen LogP contribution in [0.2, 0.25) is 0 Å². The van der Waals surface area contributed by atoms with E-state index >= 15 is 0 Å². The van der Waals surface area contributed by atoms with Crippen molar-refractivity contribution < 1.29 is 18.8 Å². The van der Waals surface area contributed by atoms with Gasteiger partial charge in [-0.05, 0) is 49.9 Å². The van der Waals surface area contributed by atoms with Gasteiger partial charge < -0.3 is 18.9 Å². The lowest BCUT2D eigenvalue weighted by molar-refractivity contribution is -0.130. The number of aryl methyl sites for hydroxylation is 2. The Morgan fingerprint density at radius 1 is 1.12 bits per heavy atom. The van der Waals surface area contributed by atoms with Gasteiger partial charge in [-0.2, -0.15) is 0 Å². The van der Waals surface area contributed by atoms with Crippen LogP contribution < -0.4 is 9.47 Å². The van der Waals surface area contributed by atoms with Crippen molar-refractivity contribution >= 4 is 5.91 Å². The van der Waals surface area contributed by atoms with E-state index in [9.17, 15) is 4.79 Å². The Morgan fingerprint density at radius 3 is 2.12 bits per heavy atom. The second-order valence-electron chi connectivity index (χ2n) is 6.34. The highest BCUT2D eigenvalue weighted by atomic mass is 16.5. The molecule has 1 aromatic heterocycles. The van der Waals surface area contributed by atoms with Gasteiger partial charge >= 0.3 is 0 Å². The monoisotopic (exact) mass is 344 g/mol. The number of ether oxygens (including phenoxy) is 2. The first-order valence-electron chi connectivity index (χ1n) is 8.46. The zero-order chi connectivity index (χ0) is 18.0. The molecule has 0 bridgehead atoms. The highest BCUT2D eigenvalue weighted by Gasteiger charge is 2.22. The van der Waals surface area contributed by atoms with E-state index in [2.05, 4.69) is 5.16 Å². The number of fused-ring (bicyclic) bond motifs is 1. The number of methoxy groups -OCH3 is 2. The third-order valence-electron chi connectivity index (χ3n) is 4.87. The van der Waals surface area contributed by atoms with Gasteiger partial charge in [0.2, 0.25) is 5.91 Å². The van der Waals surface area contributed by atoms with E-state index in [1.807, 2.05) is 30.9 Å². The van der Waals surface area contributed by atoms with Crippen LogP contribution in [0, 0.1) is 13.8 Å². The Labute approximate surface area is 147 Å². The average molecular weight is 344 g/mol. The van der Waals surface area contributed by atoms with Gasteiger partial charge in [-0.1, -0.05) is 5.16 Å². The largest absolute Gasteiger partial charge is 0.493 e. The van der Waals surface area contributed by atoms with Crippen LogP contribution in [0.4, 0.5) is 0 Å². The normalized spacial score (nSPS) is 14.0. The molecular formula is C19H24N2O4. The number of carbonyl (C=O) groups is 1. The number of hydrogen-bond acceptors (Lipinski definition) is 5. The number of rotatable bonds is 4. The minimum Gasteiger partial charge on any atom is -0.493 e. The van der Waals surface area contributed by atoms with E-state index in [1.54, 1.807) is 14.2 Å². The molecule has 2 aromatic rings. The molecule has 0 spiro atoms. The third kappa shape index (κ3) is 3.48. The van der Waals surface area contributed by atoms with Crippen LogP contribution >= 0.6 is 0 Å². The molecule has 0 fully saturated rings. The van der Waals surface area contributed by atoms with Crippen molar-refractivity contribution in [2.45, 2.75) is 33.1 Å². The number of carbonyl (C=O) groups excluding carboxylic acids is 1. The molecule has 6 heteroatoms. The van der Waals surface area contributed by atoms with Gasteiger partial charge in [-0.3, -0.25) is 4.79 Å². The molecule has 3 rings (SSSR count). The Hall–Kier alpha value is -2.50. The van der Waals surface area contributed by atoms with E-state index < -0.39 is 0 Å². The Morgan fingerprint density at radius 2 is 1.68 bits per heavy atom. The van der Waals surface area contributed by atoms with Crippen molar-refractivity contribution in [1.29, 1.82) is 0 Å². The summed E-state index contributed by atoms with van der Waals surface area (Å²) in [6.07, 6.45) is 1.95. The molecule has 2 heterocycles. The van der Waals surface area contributed by atoms with E-state index in [-0.39, 0.29) is 5.91 Å². The Bertz CT molecular complexity index is 727. The van der Waals surface area contributed by atoms with Gasteiger partial charge in [0.15, 0.2) is 11.5 Å². The summed E-state index contributed by atoms with van der Waals surface area (Å²) < 4.78 is 15.9. The van der Waals surface area contributed by atoms with Crippen LogP contribution in [-0.2, 0) is 24.1 Å². The summed E-state index contributed by atoms with van der Waals surface area (Å²) in [4.78, 5) is 14.6. The second-order valence-corrected chi connectivity index (χ2v) is 6.34. The SMILES string of the molecule is COc1cc2c(cc1OC)CCN(C(=O)Cc1c(C)noc1C)CC2. The number of benzene rings is 1. The van der Waals surface area contributed by atoms with Gasteiger partial charge in [0.1, 0.15) is 5.76 Å². The van der Waals surface area contributed by atoms with Crippen LogP contribution in [0.1, 0.15) is 28.1 Å². The second kappa shape index (κ2) is 7.17. The highest BCUT2D eigenvalue weighted by Crippen LogP contribution is 2.32. The third-order valence-corrected chi connectivity index (χ3v) is 4.87. The Balaban J connectivity index is 1.74. The number of aromatic nitrogens is 1. The fourth-order valence-corrected chi connectivity index (χ4v) is 3.32. The van der Waals surface area contributed by atoms with Crippen molar-refractivity contribution in [2.24, 2.45) is 0 Å². The zero-order valence-electron chi connectivity index (χ0n) is 15.2. The van der Waals surface area contributed by atoms with Crippen molar-refractivity contribution in [1.82, 2.24) is 10.1 Å². The van der Waals surface area contributed by atoms with E-state index in [4.69, 9.17) is 14.0 Å². The Kier molecular flexibility index (Phi) is 4.97. The van der Waals surface area contributed by atoms with Gasteiger partial charge in [0.05, 0.1) is 26.3 Å². The smallest absolute Gasteiger partial charge is 0.227 e. The van der Waals surface area contributed by atoms with Crippen molar-refractivity contribution in [3.8, 4) is 11.5 Å². The number of hydrogen-bond donors (Lipinski definition) is 0. The topological polar surface area (TPSA) is 64.8 Å². The standard InChI is InChI=1S/C19H24N2O4/c1-12-16(13(2)25-20-12)11-19(22)21-7-5-14-9-17(23-3)18(24-4)10-15(14)6-8-21/h9-10H,5-8,11H2,1-4H3. The molecule has 0 saturated carbocycles. The zero-order valence-corrected chi connectivity index (χ0v) is 15.2. The van der Waals surface area contributed by atoms with Crippen LogP contribution in [0.3, 0.4) is 0 Å². The molecule has 6 nitrogen and oxygen atoms in total. The molecule has 0 aliphatic carbocycles. The molecular weight excluding hydrogens is 320 g/mol. The lowest BCUT2D eigenvalue weighted by Gasteiger charge is -2.20. The molecule has 0 saturated heterocycles. The predicted octanol–water partition coefficient (Wildman–Crippen LogP) is 2.48. The van der Waals surface area contributed by atoms with Crippen LogP contribution in [0.15, 0.2) is 16.7 Å². The first-order valence-corrected chi connectivity index (χ1v) is 8.46. The van der Waals surface area contributed by atoms with E-state index in [0.29, 0.717) is 19.5 Å². The summed E-state index contributed by atoms with van der Waals surface area (Å²) in [6, 6.07) is 4.05. The summed E-state index contributed by atoms with van der Waals surface area (Å²) in [5.41, 5.74) is 4.11. The lowest BCUT2D eigenvalue weighted by Crippen LogP contribution is -2.34. The minimum atomic E-state index is 0.112. The van der Waals surface area contributed by atoms with Gasteiger partial charge in [-0.15, -0.1) is 0 Å². The van der Waals surface area contributed by atoms with Crippen molar-refractivity contribution in [3.63, 3.8) is 0 Å². The number of nitrogens with zero attached hydrogens (tertiary/aromatic N) is 2. The molecule has 25 heavy (non-hydrogen) atoms. The van der Waals surface area contributed by atoms with Crippen LogP contribution in [0.25, 0.3) is 0 Å².